The van der Waals surface area contributed by atoms with E-state index in [4.69, 9.17) is 4.74 Å². The van der Waals surface area contributed by atoms with E-state index in [-0.39, 0.29) is 13.2 Å². The van der Waals surface area contributed by atoms with Gasteiger partial charge in [0.15, 0.2) is 0 Å². The van der Waals surface area contributed by atoms with Gasteiger partial charge in [-0.3, -0.25) is 4.90 Å². The third-order valence-electron chi connectivity index (χ3n) is 4.22. The van der Waals surface area contributed by atoms with Crippen LogP contribution in [0.3, 0.4) is 0 Å². The van der Waals surface area contributed by atoms with Gasteiger partial charge in [-0.2, -0.15) is 0 Å². The van der Waals surface area contributed by atoms with Gasteiger partial charge in [-0.25, -0.2) is 4.79 Å². The lowest BCUT2D eigenvalue weighted by molar-refractivity contribution is -0.00373. The van der Waals surface area contributed by atoms with E-state index in [1.54, 1.807) is 20.8 Å². The third kappa shape index (κ3) is 7.07. The molecule has 0 aliphatic carbocycles. The van der Waals surface area contributed by atoms with Gasteiger partial charge in [-0.15, -0.1) is 0 Å². The largest absolute Gasteiger partial charge is 0.444 e. The Kier molecular flexibility index (Phi) is 8.27. The molecule has 2 atom stereocenters. The second kappa shape index (κ2) is 10.2. The zero-order valence-electron chi connectivity index (χ0n) is 16.5. The van der Waals surface area contributed by atoms with Gasteiger partial charge >= 0.3 is 6.09 Å². The van der Waals surface area contributed by atoms with Gasteiger partial charge in [-0.05, 0) is 73.0 Å². The van der Waals surface area contributed by atoms with Gasteiger partial charge in [-0.1, -0.05) is 42.5 Å². The van der Waals surface area contributed by atoms with Crippen LogP contribution in [-0.4, -0.2) is 46.0 Å². The van der Waals surface area contributed by atoms with Crippen molar-refractivity contribution in [3.8, 4) is 0 Å². The molecule has 6 heteroatoms. The Bertz CT molecular complexity index is 743. The Hall–Kier alpha value is -1.64. The van der Waals surface area contributed by atoms with E-state index >= 15 is 0 Å². The van der Waals surface area contributed by atoms with Gasteiger partial charge in [0.2, 0.25) is 0 Å². The molecule has 152 valence electrons. The van der Waals surface area contributed by atoms with Crippen molar-refractivity contribution in [1.82, 2.24) is 4.90 Å². The first-order valence-electron chi connectivity index (χ1n) is 9.27. The molecule has 0 radical (unpaired) electrons. The Morgan fingerprint density at radius 2 is 1.71 bits per heavy atom. The molecular formula is C22H28INO4. The Labute approximate surface area is 180 Å². The number of carbonyl (C=O) groups is 1. The van der Waals surface area contributed by atoms with Crippen LogP contribution in [0.15, 0.2) is 54.6 Å². The molecule has 0 aliphatic heterocycles. The molecule has 1 amide bonds. The fraction of sp³-hybridized carbons (Fsp3) is 0.409. The predicted octanol–water partition coefficient (Wildman–Crippen LogP) is 4.17. The summed E-state index contributed by atoms with van der Waals surface area (Å²) in [6.45, 7) is 5.19. The van der Waals surface area contributed by atoms with Gasteiger partial charge in [0.25, 0.3) is 0 Å². The van der Waals surface area contributed by atoms with Crippen LogP contribution in [0, 0.1) is 3.57 Å². The highest BCUT2D eigenvalue weighted by atomic mass is 127. The quantitative estimate of drug-likeness (QED) is 0.564. The minimum absolute atomic E-state index is 0.0362. The molecule has 0 saturated carbocycles. The molecule has 5 nitrogen and oxygen atoms in total. The Balaban J connectivity index is 2.23. The highest BCUT2D eigenvalue weighted by Crippen LogP contribution is 2.20. The van der Waals surface area contributed by atoms with E-state index in [0.29, 0.717) is 12.0 Å². The van der Waals surface area contributed by atoms with Crippen LogP contribution in [0.2, 0.25) is 0 Å². The van der Waals surface area contributed by atoms with Gasteiger partial charge < -0.3 is 14.9 Å². The number of ether oxygens (including phenoxy) is 1. The van der Waals surface area contributed by atoms with Crippen LogP contribution in [0.4, 0.5) is 4.79 Å². The van der Waals surface area contributed by atoms with Crippen LogP contribution in [0.1, 0.15) is 38.0 Å². The summed E-state index contributed by atoms with van der Waals surface area (Å²) in [6, 6.07) is 16.6. The maximum absolute atomic E-state index is 12.9. The summed E-state index contributed by atoms with van der Waals surface area (Å²) in [7, 11) is 0. The van der Waals surface area contributed by atoms with Crippen LogP contribution in [-0.2, 0) is 11.2 Å². The number of amides is 1. The monoisotopic (exact) mass is 497 g/mol. The van der Waals surface area contributed by atoms with E-state index in [9.17, 15) is 15.0 Å². The molecule has 0 unspecified atom stereocenters. The number of hydrogen-bond acceptors (Lipinski definition) is 4. The van der Waals surface area contributed by atoms with Crippen molar-refractivity contribution < 1.29 is 19.7 Å². The maximum atomic E-state index is 12.9. The summed E-state index contributed by atoms with van der Waals surface area (Å²) in [4.78, 5) is 14.3. The first kappa shape index (κ1) is 22.6. The summed E-state index contributed by atoms with van der Waals surface area (Å²) in [5.74, 6) is 0. The normalized spacial score (nSPS) is 13.6. The van der Waals surface area contributed by atoms with E-state index in [0.717, 1.165) is 9.13 Å². The summed E-state index contributed by atoms with van der Waals surface area (Å²) in [6.07, 6.45) is -0.958. The molecule has 0 heterocycles. The Morgan fingerprint density at radius 3 is 2.25 bits per heavy atom. The molecular weight excluding hydrogens is 469 g/mol. The highest BCUT2D eigenvalue weighted by molar-refractivity contribution is 14.1. The van der Waals surface area contributed by atoms with Crippen LogP contribution in [0.5, 0.6) is 0 Å². The predicted molar refractivity (Wildman–Crippen MR) is 118 cm³/mol. The topological polar surface area (TPSA) is 70.0 Å². The lowest BCUT2D eigenvalue weighted by atomic mass is 10.0. The first-order valence-corrected chi connectivity index (χ1v) is 10.4. The number of rotatable bonds is 7. The number of aliphatic hydroxyl groups excluding tert-OH is 2. The number of aliphatic hydroxyl groups is 2. The van der Waals surface area contributed by atoms with E-state index in [2.05, 4.69) is 22.6 Å². The SMILES string of the molecule is CC(C)(C)OC(=O)N(C[C@H](O)c1ccccc1)[C@@H](CO)Cc1ccc(I)cc1. The molecule has 2 N–H and O–H groups in total. The third-order valence-corrected chi connectivity index (χ3v) is 4.94. The molecule has 0 spiro atoms. The fourth-order valence-corrected chi connectivity index (χ4v) is 3.19. The Morgan fingerprint density at radius 1 is 1.11 bits per heavy atom. The summed E-state index contributed by atoms with van der Waals surface area (Å²) in [5.41, 5.74) is 1.04. The fourth-order valence-electron chi connectivity index (χ4n) is 2.83. The smallest absolute Gasteiger partial charge is 0.410 e. The summed E-state index contributed by atoms with van der Waals surface area (Å²) in [5, 5.41) is 20.7. The zero-order chi connectivity index (χ0) is 20.7. The minimum atomic E-state index is -0.875. The number of carbonyl (C=O) groups excluding carboxylic acids is 1. The molecule has 0 aliphatic rings. The lowest BCUT2D eigenvalue weighted by Crippen LogP contribution is -2.48. The van der Waals surface area contributed by atoms with Crippen LogP contribution < -0.4 is 0 Å². The molecule has 2 aromatic carbocycles. The van der Waals surface area contributed by atoms with Crippen molar-refractivity contribution in [3.63, 3.8) is 0 Å². The highest BCUT2D eigenvalue weighted by Gasteiger charge is 2.30. The van der Waals surface area contributed by atoms with E-state index in [1.807, 2.05) is 54.6 Å². The minimum Gasteiger partial charge on any atom is -0.444 e. The molecule has 0 saturated heterocycles. The van der Waals surface area contributed by atoms with Crippen molar-refractivity contribution >= 4 is 28.7 Å². The first-order chi connectivity index (χ1) is 13.2. The number of hydrogen-bond donors (Lipinski definition) is 2. The average molecular weight is 497 g/mol. The van der Waals surface area contributed by atoms with Gasteiger partial charge in [0.05, 0.1) is 25.3 Å². The zero-order valence-corrected chi connectivity index (χ0v) is 18.7. The van der Waals surface area contributed by atoms with Crippen molar-refractivity contribution in [1.29, 1.82) is 0 Å². The average Bonchev–Trinajstić information content (AvgIpc) is 2.65. The molecule has 0 bridgehead atoms. The standard InChI is InChI=1S/C22H28INO4/c1-22(2,3)28-21(27)24(14-20(26)17-7-5-4-6-8-17)19(15-25)13-16-9-11-18(23)12-10-16/h4-12,19-20,25-26H,13-15H2,1-3H3/t19-,20+/m1/s1. The molecule has 0 fully saturated rings. The molecule has 0 aromatic heterocycles. The number of benzene rings is 2. The van der Waals surface area contributed by atoms with Crippen LogP contribution in [0.25, 0.3) is 0 Å². The van der Waals surface area contributed by atoms with Gasteiger partial charge in [0.1, 0.15) is 5.60 Å². The second-order valence-electron chi connectivity index (χ2n) is 7.73. The van der Waals surface area contributed by atoms with Crippen molar-refractivity contribution in [2.24, 2.45) is 0 Å². The molecule has 2 aromatic rings. The molecule has 2 rings (SSSR count). The molecule has 28 heavy (non-hydrogen) atoms. The number of halogens is 1. The second-order valence-corrected chi connectivity index (χ2v) is 8.97. The lowest BCUT2D eigenvalue weighted by Gasteiger charge is -2.34. The van der Waals surface area contributed by atoms with E-state index < -0.39 is 23.8 Å². The maximum Gasteiger partial charge on any atom is 0.410 e. The van der Waals surface area contributed by atoms with Crippen molar-refractivity contribution in [2.45, 2.75) is 44.9 Å². The van der Waals surface area contributed by atoms with E-state index in [1.165, 1.54) is 4.90 Å². The van der Waals surface area contributed by atoms with Gasteiger partial charge in [0, 0.05) is 3.57 Å². The van der Waals surface area contributed by atoms with Crippen molar-refractivity contribution in [2.75, 3.05) is 13.2 Å². The summed E-state index contributed by atoms with van der Waals surface area (Å²) < 4.78 is 6.66. The number of nitrogens with zero attached hydrogens (tertiary/aromatic N) is 1. The summed E-state index contributed by atoms with van der Waals surface area (Å²) >= 11 is 2.23. The van der Waals surface area contributed by atoms with Crippen molar-refractivity contribution in [3.05, 3.63) is 69.3 Å². The van der Waals surface area contributed by atoms with Crippen LogP contribution >= 0.6 is 22.6 Å².